The van der Waals surface area contributed by atoms with Crippen molar-refractivity contribution < 1.29 is 14.4 Å². The van der Waals surface area contributed by atoms with Gasteiger partial charge in [0.25, 0.3) is 0 Å². The highest BCUT2D eigenvalue weighted by molar-refractivity contribution is 6.30. The van der Waals surface area contributed by atoms with E-state index in [4.69, 9.17) is 21.2 Å². The van der Waals surface area contributed by atoms with E-state index in [1.54, 1.807) is 0 Å². The Morgan fingerprint density at radius 3 is 2.64 bits per heavy atom. The number of benzene rings is 1. The number of ether oxygens (including phenoxy) is 1. The molecule has 5 atom stereocenters. The summed E-state index contributed by atoms with van der Waals surface area (Å²) in [6, 6.07) is 7.86. The molecule has 0 aromatic heterocycles. The molecule has 1 aromatic carbocycles. The van der Waals surface area contributed by atoms with Crippen LogP contribution in [0.1, 0.15) is 44.6 Å². The van der Waals surface area contributed by atoms with Crippen LogP contribution in [0.15, 0.2) is 29.4 Å². The summed E-state index contributed by atoms with van der Waals surface area (Å²) >= 11 is 6.09. The number of nitrogens with zero attached hydrogens (tertiary/aromatic N) is 2. The summed E-state index contributed by atoms with van der Waals surface area (Å²) in [7, 11) is 1.51. The summed E-state index contributed by atoms with van der Waals surface area (Å²) in [4.78, 5) is 21.8. The largest absolute Gasteiger partial charge is 0.469 e. The van der Waals surface area contributed by atoms with Gasteiger partial charge in [-0.1, -0.05) is 35.8 Å². The molecule has 5 nitrogen and oxygen atoms in total. The molecule has 150 valence electrons. The lowest BCUT2D eigenvalue weighted by atomic mass is 9.75. The van der Waals surface area contributed by atoms with Gasteiger partial charge in [0.05, 0.1) is 24.2 Å². The van der Waals surface area contributed by atoms with E-state index >= 15 is 0 Å². The van der Waals surface area contributed by atoms with Crippen LogP contribution < -0.4 is 0 Å². The minimum Gasteiger partial charge on any atom is -0.469 e. The Balaban J connectivity index is 1.57. The predicted molar refractivity (Wildman–Crippen MR) is 107 cm³/mol. The first-order chi connectivity index (χ1) is 13.6. The molecule has 3 fully saturated rings. The van der Waals surface area contributed by atoms with Gasteiger partial charge in [0, 0.05) is 24.0 Å². The van der Waals surface area contributed by atoms with E-state index in [0.717, 1.165) is 48.6 Å². The van der Waals surface area contributed by atoms with E-state index in [2.05, 4.69) is 17.0 Å². The van der Waals surface area contributed by atoms with Crippen LogP contribution in [-0.4, -0.2) is 42.5 Å². The number of fused-ring (bicyclic) bond motifs is 3. The monoisotopic (exact) mass is 402 g/mol. The topological polar surface area (TPSA) is 51.1 Å². The van der Waals surface area contributed by atoms with Crippen LogP contribution in [0, 0.1) is 23.2 Å². The molecular formula is C22H27ClN2O3. The van der Waals surface area contributed by atoms with Crippen molar-refractivity contribution >= 4 is 23.3 Å². The van der Waals surface area contributed by atoms with Gasteiger partial charge in [0.2, 0.25) is 5.72 Å². The fraction of sp³-hybridized carbons (Fsp3) is 0.636. The highest BCUT2D eigenvalue weighted by Crippen LogP contribution is 2.74. The van der Waals surface area contributed by atoms with Gasteiger partial charge in [-0.2, -0.15) is 0 Å². The molecular weight excluding hydrogens is 376 g/mol. The summed E-state index contributed by atoms with van der Waals surface area (Å²) in [6.45, 7) is 4.12. The number of hydrogen-bond donors (Lipinski definition) is 0. The normalized spacial score (nSPS) is 39.0. The van der Waals surface area contributed by atoms with Crippen LogP contribution in [0.3, 0.4) is 0 Å². The molecule has 1 aromatic rings. The molecule has 2 aliphatic carbocycles. The summed E-state index contributed by atoms with van der Waals surface area (Å²) in [5.74, 6) is 0.559. The van der Waals surface area contributed by atoms with E-state index in [1.807, 2.05) is 24.3 Å². The number of hydrogen-bond acceptors (Lipinski definition) is 5. The Morgan fingerprint density at radius 2 is 2.00 bits per heavy atom. The molecule has 5 unspecified atom stereocenters. The zero-order valence-corrected chi connectivity index (χ0v) is 17.2. The number of esters is 1. The number of carbonyl (C=O) groups excluding carboxylic acids is 1. The summed E-state index contributed by atoms with van der Waals surface area (Å²) in [5, 5.41) is 5.36. The molecule has 4 aliphatic rings. The predicted octanol–water partition coefficient (Wildman–Crippen LogP) is 4.09. The molecule has 2 saturated carbocycles. The third-order valence-corrected chi connectivity index (χ3v) is 7.98. The lowest BCUT2D eigenvalue weighted by Gasteiger charge is -2.44. The van der Waals surface area contributed by atoms with E-state index in [9.17, 15) is 4.79 Å². The molecule has 0 radical (unpaired) electrons. The second-order valence-corrected chi connectivity index (χ2v) is 9.06. The molecule has 6 heteroatoms. The number of halogens is 1. The van der Waals surface area contributed by atoms with Gasteiger partial charge >= 0.3 is 5.97 Å². The van der Waals surface area contributed by atoms with Gasteiger partial charge < -0.3 is 9.57 Å². The van der Waals surface area contributed by atoms with Crippen molar-refractivity contribution in [1.29, 1.82) is 0 Å². The fourth-order valence-corrected chi connectivity index (χ4v) is 6.65. The molecule has 1 saturated heterocycles. The number of likely N-dealkylation sites (tertiary alicyclic amines) is 1. The second kappa shape index (κ2) is 6.46. The van der Waals surface area contributed by atoms with Gasteiger partial charge in [0.15, 0.2) is 0 Å². The van der Waals surface area contributed by atoms with Gasteiger partial charge in [-0.3, -0.25) is 9.69 Å². The zero-order valence-electron chi connectivity index (χ0n) is 16.5. The van der Waals surface area contributed by atoms with Crippen LogP contribution in [-0.2, 0) is 14.4 Å². The number of carbonyl (C=O) groups is 1. The van der Waals surface area contributed by atoms with Crippen molar-refractivity contribution in [3.63, 3.8) is 0 Å². The van der Waals surface area contributed by atoms with E-state index in [1.165, 1.54) is 20.0 Å². The highest BCUT2D eigenvalue weighted by atomic mass is 35.5. The fourth-order valence-electron chi connectivity index (χ4n) is 6.52. The maximum Gasteiger partial charge on any atom is 0.312 e. The minimum atomic E-state index is -0.515. The second-order valence-electron chi connectivity index (χ2n) is 8.62. The Hall–Kier alpha value is -1.59. The Bertz CT molecular complexity index is 820. The molecule has 5 rings (SSSR count). The average molecular weight is 403 g/mol. The van der Waals surface area contributed by atoms with Crippen molar-refractivity contribution in [3.05, 3.63) is 34.9 Å². The number of oxime groups is 1. The van der Waals surface area contributed by atoms with Gasteiger partial charge in [-0.15, -0.1) is 0 Å². The maximum atomic E-state index is 12.9. The highest BCUT2D eigenvalue weighted by Gasteiger charge is 2.82. The van der Waals surface area contributed by atoms with Crippen LogP contribution in [0.25, 0.3) is 0 Å². The first-order valence-corrected chi connectivity index (χ1v) is 10.8. The Morgan fingerprint density at radius 1 is 1.29 bits per heavy atom. The molecule has 0 N–H and O–H groups in total. The quantitative estimate of drug-likeness (QED) is 0.712. The molecule has 0 bridgehead atoms. The molecule has 28 heavy (non-hydrogen) atoms. The lowest BCUT2D eigenvalue weighted by molar-refractivity contribution is -0.187. The van der Waals surface area contributed by atoms with E-state index in [0.29, 0.717) is 5.92 Å². The third-order valence-electron chi connectivity index (χ3n) is 7.73. The molecule has 0 amide bonds. The van der Waals surface area contributed by atoms with Crippen molar-refractivity contribution in [2.75, 3.05) is 20.2 Å². The van der Waals surface area contributed by atoms with E-state index < -0.39 is 11.1 Å². The summed E-state index contributed by atoms with van der Waals surface area (Å²) in [5.41, 5.74) is 1.12. The molecule has 0 spiro atoms. The van der Waals surface area contributed by atoms with Crippen LogP contribution in [0.2, 0.25) is 5.02 Å². The van der Waals surface area contributed by atoms with Crippen LogP contribution >= 0.6 is 11.6 Å². The van der Waals surface area contributed by atoms with Crippen LogP contribution in [0.5, 0.6) is 0 Å². The third kappa shape index (κ3) is 2.23. The maximum absolute atomic E-state index is 12.9. The average Bonchev–Trinajstić information content (AvgIpc) is 3.07. The van der Waals surface area contributed by atoms with Crippen LogP contribution in [0.4, 0.5) is 0 Å². The summed E-state index contributed by atoms with van der Waals surface area (Å²) < 4.78 is 5.28. The Kier molecular flexibility index (Phi) is 4.25. The van der Waals surface area contributed by atoms with E-state index in [-0.39, 0.29) is 17.8 Å². The Labute approximate surface area is 171 Å². The number of rotatable bonds is 4. The smallest absolute Gasteiger partial charge is 0.312 e. The van der Waals surface area contributed by atoms with Gasteiger partial charge in [-0.05, 0) is 55.7 Å². The first-order valence-electron chi connectivity index (χ1n) is 10.4. The molecule has 2 heterocycles. The standard InChI is InChI=1S/C22H27ClN2O3/c1-3-21(20(26)27-2)17-11-10-16-18(14-6-8-15(23)9-7-14)24-28-22(16,19(17)21)25-12-4-5-13-25/h6-9,16-17,19H,3-5,10-13H2,1-2H3. The van der Waals surface area contributed by atoms with Crippen molar-refractivity contribution in [2.24, 2.45) is 28.3 Å². The van der Waals surface area contributed by atoms with Crippen molar-refractivity contribution in [3.8, 4) is 0 Å². The SMILES string of the molecule is CCC1(C(=O)OC)C2CCC3C(c4ccc(Cl)cc4)=NOC3(N3CCCC3)C21. The first kappa shape index (κ1) is 18.4. The van der Waals surface area contributed by atoms with Crippen molar-refractivity contribution in [2.45, 2.75) is 44.8 Å². The number of methoxy groups -OCH3 is 1. The minimum absolute atomic E-state index is 0.0761. The lowest BCUT2D eigenvalue weighted by Crippen LogP contribution is -2.58. The zero-order chi connectivity index (χ0) is 19.5. The van der Waals surface area contributed by atoms with Gasteiger partial charge in [-0.25, -0.2) is 0 Å². The summed E-state index contributed by atoms with van der Waals surface area (Å²) in [6.07, 6.45) is 5.13. The van der Waals surface area contributed by atoms with Gasteiger partial charge in [0.1, 0.15) is 0 Å². The van der Waals surface area contributed by atoms with Crippen molar-refractivity contribution in [1.82, 2.24) is 4.90 Å². The molecule has 2 aliphatic heterocycles.